The summed E-state index contributed by atoms with van der Waals surface area (Å²) in [5.41, 5.74) is 1.38. The van der Waals surface area contributed by atoms with Gasteiger partial charge in [0, 0.05) is 0 Å². The second-order valence-electron chi connectivity index (χ2n) is 2.99. The van der Waals surface area contributed by atoms with Crippen molar-refractivity contribution in [3.63, 3.8) is 0 Å². The van der Waals surface area contributed by atoms with Crippen molar-refractivity contribution in [3.8, 4) is 0 Å². The van der Waals surface area contributed by atoms with E-state index in [1.165, 1.54) is 5.56 Å². The van der Waals surface area contributed by atoms with E-state index < -0.39 is 0 Å². The van der Waals surface area contributed by atoms with E-state index in [1.807, 2.05) is 6.07 Å². The first-order chi connectivity index (χ1) is 5.86. The van der Waals surface area contributed by atoms with Gasteiger partial charge in [0.2, 0.25) is 0 Å². The van der Waals surface area contributed by atoms with Crippen molar-refractivity contribution < 1.29 is 20.6 Å². The third-order valence-corrected chi connectivity index (χ3v) is 2.57. The first-order valence-corrected chi connectivity index (χ1v) is 4.70. The predicted octanol–water partition coefficient (Wildman–Crippen LogP) is 1.87. The number of ether oxygens (including phenoxy) is 1. The fourth-order valence-electron chi connectivity index (χ4n) is 1.45. The summed E-state index contributed by atoms with van der Waals surface area (Å²) in [6, 6.07) is 10.5. The Hall–Kier alpha value is -0.418. The van der Waals surface area contributed by atoms with Crippen LogP contribution in [0.3, 0.4) is 0 Å². The monoisotopic (exact) mass is 198 g/mol. The van der Waals surface area contributed by atoms with Gasteiger partial charge in [-0.25, -0.2) is 0 Å². The van der Waals surface area contributed by atoms with Crippen molar-refractivity contribution in [2.24, 2.45) is 0 Å². The SMILES string of the molecule is [Cr]=[C]1CC(c2ccccc2)CO1. The molecule has 0 amide bonds. The van der Waals surface area contributed by atoms with E-state index in [2.05, 4.69) is 40.1 Å². The second-order valence-corrected chi connectivity index (χ2v) is 3.71. The zero-order valence-electron chi connectivity index (χ0n) is 6.69. The zero-order chi connectivity index (χ0) is 8.39. The molecule has 1 aromatic carbocycles. The zero-order valence-corrected chi connectivity index (χ0v) is 7.97. The molecule has 0 bridgehead atoms. The molecule has 0 radical (unpaired) electrons. The van der Waals surface area contributed by atoms with Crippen LogP contribution in [-0.2, 0) is 20.6 Å². The second kappa shape index (κ2) is 3.53. The maximum atomic E-state index is 5.38. The number of hydrogen-bond donors (Lipinski definition) is 0. The third kappa shape index (κ3) is 1.67. The summed E-state index contributed by atoms with van der Waals surface area (Å²) in [6.45, 7) is 0.826. The molecule has 0 spiro atoms. The fourth-order valence-corrected chi connectivity index (χ4v) is 1.87. The average molecular weight is 198 g/mol. The Balaban J connectivity index is 2.16. The van der Waals surface area contributed by atoms with Gasteiger partial charge in [0.1, 0.15) is 0 Å². The van der Waals surface area contributed by atoms with E-state index in [9.17, 15) is 0 Å². The van der Waals surface area contributed by atoms with Crippen molar-refractivity contribution in [2.75, 3.05) is 6.61 Å². The van der Waals surface area contributed by atoms with Crippen LogP contribution < -0.4 is 0 Å². The van der Waals surface area contributed by atoms with Gasteiger partial charge in [-0.15, -0.1) is 0 Å². The molecule has 62 valence electrons. The van der Waals surface area contributed by atoms with Crippen LogP contribution in [0.25, 0.3) is 0 Å². The molecular formula is C10H10CrO. The Morgan fingerprint density at radius 1 is 1.25 bits per heavy atom. The molecule has 1 atom stereocenters. The van der Waals surface area contributed by atoms with Crippen molar-refractivity contribution in [1.29, 1.82) is 0 Å². The van der Waals surface area contributed by atoms with Gasteiger partial charge in [0.05, 0.1) is 0 Å². The van der Waals surface area contributed by atoms with Crippen molar-refractivity contribution in [1.82, 2.24) is 0 Å². The molecule has 1 aromatic rings. The van der Waals surface area contributed by atoms with Crippen LogP contribution in [0.2, 0.25) is 0 Å². The molecule has 12 heavy (non-hydrogen) atoms. The van der Waals surface area contributed by atoms with Gasteiger partial charge in [-0.2, -0.15) is 0 Å². The van der Waals surface area contributed by atoms with Crippen LogP contribution >= 0.6 is 0 Å². The Labute approximate surface area is 80.3 Å². The Kier molecular flexibility index (Phi) is 2.41. The van der Waals surface area contributed by atoms with Crippen LogP contribution in [0.4, 0.5) is 0 Å². The minimum atomic E-state index is 0.558. The van der Waals surface area contributed by atoms with Gasteiger partial charge in [-0.3, -0.25) is 0 Å². The molecule has 0 aromatic heterocycles. The Bertz CT molecular complexity index is 281. The first kappa shape index (κ1) is 8.19. The molecule has 1 aliphatic heterocycles. The summed E-state index contributed by atoms with van der Waals surface area (Å²) >= 11 is 2.93. The molecule has 1 nitrogen and oxygen atoms in total. The predicted molar refractivity (Wildman–Crippen MR) is 44.8 cm³/mol. The van der Waals surface area contributed by atoms with Gasteiger partial charge in [0.25, 0.3) is 0 Å². The average Bonchev–Trinajstić information content (AvgIpc) is 2.54. The van der Waals surface area contributed by atoms with Gasteiger partial charge in [-0.1, -0.05) is 0 Å². The van der Waals surface area contributed by atoms with Gasteiger partial charge < -0.3 is 0 Å². The van der Waals surface area contributed by atoms with E-state index in [4.69, 9.17) is 4.74 Å². The molecule has 1 aliphatic rings. The number of benzene rings is 1. The fraction of sp³-hybridized carbons (Fsp3) is 0.300. The summed E-state index contributed by atoms with van der Waals surface area (Å²) < 4.78 is 6.43. The summed E-state index contributed by atoms with van der Waals surface area (Å²) in [6.07, 6.45) is 1.03. The summed E-state index contributed by atoms with van der Waals surface area (Å²) in [4.78, 5) is 0. The molecule has 0 N–H and O–H groups in total. The Morgan fingerprint density at radius 3 is 2.58 bits per heavy atom. The van der Waals surface area contributed by atoms with E-state index in [-0.39, 0.29) is 0 Å². The molecule has 1 fully saturated rings. The summed E-state index contributed by atoms with van der Waals surface area (Å²) in [5, 5.41) is 0. The van der Waals surface area contributed by atoms with Crippen molar-refractivity contribution >= 4 is 4.57 Å². The molecule has 0 saturated carbocycles. The van der Waals surface area contributed by atoms with E-state index in [0.29, 0.717) is 5.92 Å². The molecule has 1 unspecified atom stereocenters. The number of hydrogen-bond acceptors (Lipinski definition) is 1. The topological polar surface area (TPSA) is 9.23 Å². The molecule has 2 heteroatoms. The standard InChI is InChI=1S/C10H10O.Cr/c1-2-4-9(5-3-1)10-6-7-11-8-10;/h1-5,10H,6,8H2;. The number of rotatable bonds is 1. The molecule has 2 rings (SSSR count). The van der Waals surface area contributed by atoms with Crippen molar-refractivity contribution in [3.05, 3.63) is 35.9 Å². The first-order valence-electron chi connectivity index (χ1n) is 4.07. The molecular weight excluding hydrogens is 188 g/mol. The van der Waals surface area contributed by atoms with E-state index in [0.717, 1.165) is 17.6 Å². The van der Waals surface area contributed by atoms with E-state index >= 15 is 0 Å². The van der Waals surface area contributed by atoms with Crippen molar-refractivity contribution in [2.45, 2.75) is 12.3 Å². The quantitative estimate of drug-likeness (QED) is 0.669. The molecule has 1 heterocycles. The normalized spacial score (nSPS) is 23.0. The summed E-state index contributed by atoms with van der Waals surface area (Å²) in [7, 11) is 0. The summed E-state index contributed by atoms with van der Waals surface area (Å²) in [5.74, 6) is 0.558. The Morgan fingerprint density at radius 2 is 2.00 bits per heavy atom. The third-order valence-electron chi connectivity index (χ3n) is 2.13. The van der Waals surface area contributed by atoms with Crippen LogP contribution in [0.1, 0.15) is 17.9 Å². The molecule has 0 aliphatic carbocycles. The van der Waals surface area contributed by atoms with Gasteiger partial charge >= 0.3 is 80.0 Å². The maximum absolute atomic E-state index is 5.38. The van der Waals surface area contributed by atoms with Crippen LogP contribution in [0.15, 0.2) is 30.3 Å². The van der Waals surface area contributed by atoms with Gasteiger partial charge in [0.15, 0.2) is 0 Å². The van der Waals surface area contributed by atoms with Gasteiger partial charge in [-0.05, 0) is 0 Å². The molecule has 1 saturated heterocycles. The minimum absolute atomic E-state index is 0.558. The van der Waals surface area contributed by atoms with Crippen LogP contribution in [-0.4, -0.2) is 11.2 Å². The van der Waals surface area contributed by atoms with E-state index in [1.54, 1.807) is 0 Å². The van der Waals surface area contributed by atoms with Crippen LogP contribution in [0, 0.1) is 0 Å². The van der Waals surface area contributed by atoms with Crippen LogP contribution in [0.5, 0.6) is 0 Å².